The number of hydrogen-bond donors (Lipinski definition) is 1. The highest BCUT2D eigenvalue weighted by molar-refractivity contribution is 6.12. The van der Waals surface area contributed by atoms with Gasteiger partial charge in [-0.3, -0.25) is 9.59 Å². The second kappa shape index (κ2) is 8.22. The number of ketones is 2. The van der Waals surface area contributed by atoms with Crippen molar-refractivity contribution in [3.8, 4) is 0 Å². The average Bonchev–Trinajstić information content (AvgIpc) is 3.09. The minimum Gasteiger partial charge on any atom is -0.384 e. The van der Waals surface area contributed by atoms with Gasteiger partial charge in [-0.05, 0) is 67.6 Å². The lowest BCUT2D eigenvalue weighted by atomic mass is 9.48. The van der Waals surface area contributed by atoms with Crippen molar-refractivity contribution in [2.24, 2.45) is 46.3 Å². The van der Waals surface area contributed by atoms with E-state index in [4.69, 9.17) is 0 Å². The average molecular weight is 441 g/mol. The van der Waals surface area contributed by atoms with Crippen molar-refractivity contribution < 1.29 is 14.7 Å². The van der Waals surface area contributed by atoms with Crippen LogP contribution in [0, 0.1) is 46.3 Å². The van der Waals surface area contributed by atoms with Crippen LogP contribution in [-0.4, -0.2) is 22.8 Å². The number of carbonyl (C=O) groups excluding carboxylic acids is 2. The predicted octanol–water partition coefficient (Wildman–Crippen LogP) is 6.30. The normalized spacial score (nSPS) is 42.6. The quantitative estimate of drug-likeness (QED) is 0.510. The van der Waals surface area contributed by atoms with Crippen LogP contribution in [0.15, 0.2) is 23.3 Å². The molecule has 3 heteroatoms. The fourth-order valence-electron chi connectivity index (χ4n) is 8.38. The fraction of sp³-hybridized carbons (Fsp3) is 0.793. The third-order valence-corrected chi connectivity index (χ3v) is 10.6. The van der Waals surface area contributed by atoms with E-state index < -0.39 is 11.5 Å². The lowest BCUT2D eigenvalue weighted by Gasteiger charge is -2.55. The van der Waals surface area contributed by atoms with Gasteiger partial charge >= 0.3 is 0 Å². The first-order chi connectivity index (χ1) is 14.9. The van der Waals surface area contributed by atoms with Crippen molar-refractivity contribution in [1.82, 2.24) is 0 Å². The van der Waals surface area contributed by atoms with Crippen molar-refractivity contribution in [3.63, 3.8) is 0 Å². The molecule has 3 nitrogen and oxygen atoms in total. The molecule has 0 aromatic carbocycles. The SMILES string of the molecule is C=C(CC[C@@H](C)C1CCC2C3=C(C(=O)[C@H](O)C21C)C1(C)CCC[C@@H](C)C1CC3=O)C(C)C. The zero-order chi connectivity index (χ0) is 23.6. The molecule has 0 radical (unpaired) electrons. The molecule has 4 aliphatic rings. The van der Waals surface area contributed by atoms with Gasteiger partial charge in [-0.1, -0.05) is 66.5 Å². The van der Waals surface area contributed by atoms with Gasteiger partial charge < -0.3 is 5.11 Å². The lowest BCUT2D eigenvalue weighted by molar-refractivity contribution is -0.143. The summed E-state index contributed by atoms with van der Waals surface area (Å²) in [5.74, 6) is 1.92. The van der Waals surface area contributed by atoms with Gasteiger partial charge in [0, 0.05) is 28.4 Å². The number of fused-ring (bicyclic) bond motifs is 4. The first-order valence-corrected chi connectivity index (χ1v) is 13.1. The van der Waals surface area contributed by atoms with E-state index in [9.17, 15) is 14.7 Å². The monoisotopic (exact) mass is 440 g/mol. The van der Waals surface area contributed by atoms with Crippen LogP contribution in [-0.2, 0) is 9.59 Å². The van der Waals surface area contributed by atoms with Crippen LogP contribution in [0.5, 0.6) is 0 Å². The van der Waals surface area contributed by atoms with Crippen molar-refractivity contribution in [3.05, 3.63) is 23.3 Å². The summed E-state index contributed by atoms with van der Waals surface area (Å²) >= 11 is 0. The molecule has 1 N–H and O–H groups in total. The van der Waals surface area contributed by atoms with Crippen molar-refractivity contribution >= 4 is 11.6 Å². The Kier molecular flexibility index (Phi) is 6.14. The molecule has 4 aliphatic carbocycles. The summed E-state index contributed by atoms with van der Waals surface area (Å²) < 4.78 is 0. The van der Waals surface area contributed by atoms with Crippen LogP contribution in [0.2, 0.25) is 0 Å². The standard InChI is InChI=1S/C29H44O3/c1-16(2)17(3)10-11-19(5)20-12-13-21-24-23(30)15-22-18(4)9-8-14-28(22,6)25(24)26(31)27(32)29(20,21)7/h16,18-22,27,32H,3,8-15H2,1-2,4-7H3/t18-,19-,20?,21?,22?,27+,28?,29?/m1/s1. The Morgan fingerprint density at radius 1 is 1.16 bits per heavy atom. The van der Waals surface area contributed by atoms with Gasteiger partial charge in [-0.15, -0.1) is 0 Å². The van der Waals surface area contributed by atoms with Crippen LogP contribution in [0.25, 0.3) is 0 Å². The molecule has 0 heterocycles. The van der Waals surface area contributed by atoms with Gasteiger partial charge in [-0.2, -0.15) is 0 Å². The summed E-state index contributed by atoms with van der Waals surface area (Å²) in [6.45, 7) is 17.5. The summed E-state index contributed by atoms with van der Waals surface area (Å²) in [5.41, 5.74) is 2.06. The van der Waals surface area contributed by atoms with Gasteiger partial charge in [0.1, 0.15) is 6.10 Å². The molecular formula is C29H44O3. The van der Waals surface area contributed by atoms with Crippen LogP contribution in [0.4, 0.5) is 0 Å². The van der Waals surface area contributed by atoms with Gasteiger partial charge in [0.05, 0.1) is 0 Å². The molecule has 8 atom stereocenters. The van der Waals surface area contributed by atoms with Gasteiger partial charge in [0.2, 0.25) is 0 Å². The molecule has 2 fully saturated rings. The summed E-state index contributed by atoms with van der Waals surface area (Å²) in [5, 5.41) is 11.6. The van der Waals surface area contributed by atoms with E-state index in [1.165, 1.54) is 5.57 Å². The number of carbonyl (C=O) groups is 2. The Bertz CT molecular complexity index is 850. The summed E-state index contributed by atoms with van der Waals surface area (Å²) in [4.78, 5) is 27.4. The number of hydrogen-bond acceptors (Lipinski definition) is 3. The fourth-order valence-corrected chi connectivity index (χ4v) is 8.38. The zero-order valence-electron chi connectivity index (χ0n) is 21.2. The summed E-state index contributed by atoms with van der Waals surface area (Å²) in [7, 11) is 0. The second-order valence-electron chi connectivity index (χ2n) is 12.5. The molecule has 0 aromatic rings. The maximum Gasteiger partial charge on any atom is 0.188 e. The molecule has 0 amide bonds. The Balaban J connectivity index is 1.70. The third kappa shape index (κ3) is 3.32. The Labute approximate surface area is 195 Å². The van der Waals surface area contributed by atoms with Crippen molar-refractivity contribution in [2.75, 3.05) is 0 Å². The highest BCUT2D eigenvalue weighted by Gasteiger charge is 2.64. The van der Waals surface area contributed by atoms with Gasteiger partial charge in [0.25, 0.3) is 0 Å². The number of Topliss-reactive ketones (excluding diaryl/α,β-unsaturated/α-hetero) is 2. The highest BCUT2D eigenvalue weighted by Crippen LogP contribution is 2.65. The number of rotatable bonds is 5. The van der Waals surface area contributed by atoms with Gasteiger partial charge in [0.15, 0.2) is 11.6 Å². The molecule has 2 saturated carbocycles. The van der Waals surface area contributed by atoms with Crippen LogP contribution >= 0.6 is 0 Å². The van der Waals surface area contributed by atoms with Crippen LogP contribution in [0.1, 0.15) is 92.9 Å². The largest absolute Gasteiger partial charge is 0.384 e. The van der Waals surface area contributed by atoms with Gasteiger partial charge in [-0.25, -0.2) is 0 Å². The molecule has 0 aliphatic heterocycles. The van der Waals surface area contributed by atoms with Crippen molar-refractivity contribution in [1.29, 1.82) is 0 Å². The van der Waals surface area contributed by atoms with Crippen LogP contribution in [0.3, 0.4) is 0 Å². The minimum atomic E-state index is -0.991. The number of aliphatic hydroxyl groups is 1. The molecule has 0 bridgehead atoms. The maximum absolute atomic E-state index is 13.9. The van der Waals surface area contributed by atoms with E-state index in [1.54, 1.807) is 0 Å². The molecule has 178 valence electrons. The Morgan fingerprint density at radius 3 is 2.50 bits per heavy atom. The van der Waals surface area contributed by atoms with E-state index in [0.717, 1.165) is 56.1 Å². The lowest BCUT2D eigenvalue weighted by Crippen LogP contribution is -2.57. The molecule has 0 aromatic heterocycles. The van der Waals surface area contributed by atoms with E-state index in [1.807, 2.05) is 0 Å². The summed E-state index contributed by atoms with van der Waals surface area (Å²) in [6.07, 6.45) is 6.72. The summed E-state index contributed by atoms with van der Waals surface area (Å²) in [6, 6.07) is 0. The first-order valence-electron chi connectivity index (χ1n) is 13.1. The Hall–Kier alpha value is -1.22. The topological polar surface area (TPSA) is 54.4 Å². The third-order valence-electron chi connectivity index (χ3n) is 10.6. The molecule has 32 heavy (non-hydrogen) atoms. The predicted molar refractivity (Wildman–Crippen MR) is 129 cm³/mol. The Morgan fingerprint density at radius 2 is 1.84 bits per heavy atom. The van der Waals surface area contributed by atoms with E-state index >= 15 is 0 Å². The molecule has 0 saturated heterocycles. The minimum absolute atomic E-state index is 0.0217. The molecule has 0 spiro atoms. The second-order valence-corrected chi connectivity index (χ2v) is 12.5. The molecule has 4 rings (SSSR count). The molecular weight excluding hydrogens is 396 g/mol. The highest BCUT2D eigenvalue weighted by atomic mass is 16.3. The number of aliphatic hydroxyl groups excluding tert-OH is 1. The van der Waals surface area contributed by atoms with Crippen molar-refractivity contribution in [2.45, 2.75) is 99.0 Å². The van der Waals surface area contributed by atoms with E-state index in [0.29, 0.717) is 24.2 Å². The van der Waals surface area contributed by atoms with Crippen LogP contribution < -0.4 is 0 Å². The maximum atomic E-state index is 13.9. The zero-order valence-corrected chi connectivity index (χ0v) is 21.2. The van der Waals surface area contributed by atoms with E-state index in [2.05, 4.69) is 48.1 Å². The van der Waals surface area contributed by atoms with E-state index in [-0.39, 0.29) is 34.7 Å². The number of allylic oxidation sites excluding steroid dienone is 2. The molecule has 5 unspecified atom stereocenters. The smallest absolute Gasteiger partial charge is 0.188 e. The first kappa shape index (κ1) is 23.9.